The van der Waals surface area contributed by atoms with Gasteiger partial charge in [0.15, 0.2) is 5.82 Å². The van der Waals surface area contributed by atoms with Gasteiger partial charge in [-0.2, -0.15) is 0 Å². The minimum atomic E-state index is -0.00613. The number of aromatic nitrogens is 4. The number of rotatable bonds is 7. The SMILES string of the molecule is O=C(CCCc1ccccc1)N1CCCC[C@H]1c1ccnc(Nc2cnccn2)n1. The minimum absolute atomic E-state index is 0.00613. The molecule has 0 saturated carbocycles. The number of carbonyl (C=O) groups is 1. The van der Waals surface area contributed by atoms with E-state index in [2.05, 4.69) is 37.4 Å². The van der Waals surface area contributed by atoms with E-state index in [1.807, 2.05) is 29.2 Å². The van der Waals surface area contributed by atoms with Crippen molar-refractivity contribution in [1.82, 2.24) is 24.8 Å². The van der Waals surface area contributed by atoms with Gasteiger partial charge in [-0.05, 0) is 43.7 Å². The Hall–Kier alpha value is -3.35. The highest BCUT2D eigenvalue weighted by atomic mass is 16.2. The number of carbonyl (C=O) groups excluding carboxylic acids is 1. The van der Waals surface area contributed by atoms with E-state index in [0.29, 0.717) is 18.2 Å². The molecule has 0 unspecified atom stereocenters. The molecule has 0 bridgehead atoms. The first-order valence-corrected chi connectivity index (χ1v) is 10.5. The summed E-state index contributed by atoms with van der Waals surface area (Å²) in [5, 5.41) is 3.08. The first kappa shape index (κ1) is 19.9. The van der Waals surface area contributed by atoms with Gasteiger partial charge >= 0.3 is 0 Å². The van der Waals surface area contributed by atoms with Crippen LogP contribution in [0.2, 0.25) is 0 Å². The second-order valence-corrected chi connectivity index (χ2v) is 7.46. The largest absolute Gasteiger partial charge is 0.334 e. The van der Waals surface area contributed by atoms with Gasteiger partial charge in [-0.25, -0.2) is 15.0 Å². The zero-order valence-corrected chi connectivity index (χ0v) is 16.9. The predicted octanol–water partition coefficient (Wildman–Crippen LogP) is 4.09. The lowest BCUT2D eigenvalue weighted by Crippen LogP contribution is -2.38. The van der Waals surface area contributed by atoms with E-state index in [0.717, 1.165) is 44.3 Å². The number of amides is 1. The van der Waals surface area contributed by atoms with Crippen LogP contribution in [0.3, 0.4) is 0 Å². The molecular formula is C23H26N6O. The Labute approximate surface area is 176 Å². The fraction of sp³-hybridized carbons (Fsp3) is 0.348. The minimum Gasteiger partial charge on any atom is -0.334 e. The predicted molar refractivity (Wildman–Crippen MR) is 115 cm³/mol. The van der Waals surface area contributed by atoms with E-state index in [-0.39, 0.29) is 11.9 Å². The van der Waals surface area contributed by atoms with E-state index in [9.17, 15) is 4.79 Å². The molecule has 2 aromatic heterocycles. The van der Waals surface area contributed by atoms with Crippen LogP contribution in [0.5, 0.6) is 0 Å². The highest BCUT2D eigenvalue weighted by Crippen LogP contribution is 2.31. The fourth-order valence-electron chi connectivity index (χ4n) is 3.87. The maximum Gasteiger partial charge on any atom is 0.228 e. The molecule has 3 heterocycles. The van der Waals surface area contributed by atoms with Crippen LogP contribution in [-0.2, 0) is 11.2 Å². The van der Waals surface area contributed by atoms with Crippen LogP contribution in [0.1, 0.15) is 49.4 Å². The van der Waals surface area contributed by atoms with E-state index in [1.165, 1.54) is 5.56 Å². The molecule has 154 valence electrons. The molecule has 30 heavy (non-hydrogen) atoms. The van der Waals surface area contributed by atoms with E-state index in [4.69, 9.17) is 0 Å². The maximum atomic E-state index is 13.0. The molecule has 1 amide bonds. The van der Waals surface area contributed by atoms with Gasteiger partial charge in [0, 0.05) is 31.6 Å². The van der Waals surface area contributed by atoms with Gasteiger partial charge < -0.3 is 10.2 Å². The molecule has 3 aromatic rings. The number of benzene rings is 1. The molecular weight excluding hydrogens is 376 g/mol. The third-order valence-electron chi connectivity index (χ3n) is 5.34. The Kier molecular flexibility index (Phi) is 6.59. The normalized spacial score (nSPS) is 16.3. The molecule has 1 N–H and O–H groups in total. The molecule has 1 aliphatic rings. The average Bonchev–Trinajstić information content (AvgIpc) is 2.80. The van der Waals surface area contributed by atoms with E-state index in [1.54, 1.807) is 24.8 Å². The highest BCUT2D eigenvalue weighted by molar-refractivity contribution is 5.76. The molecule has 7 nitrogen and oxygen atoms in total. The van der Waals surface area contributed by atoms with Gasteiger partial charge in [0.1, 0.15) is 0 Å². The third kappa shape index (κ3) is 5.17. The van der Waals surface area contributed by atoms with Crippen molar-refractivity contribution in [2.24, 2.45) is 0 Å². The summed E-state index contributed by atoms with van der Waals surface area (Å²) in [5.41, 5.74) is 2.14. The average molecular weight is 403 g/mol. The summed E-state index contributed by atoms with van der Waals surface area (Å²) in [4.78, 5) is 32.2. The van der Waals surface area contributed by atoms with Gasteiger partial charge in [0.05, 0.1) is 17.9 Å². The first-order valence-electron chi connectivity index (χ1n) is 10.5. The summed E-state index contributed by atoms with van der Waals surface area (Å²) in [5.74, 6) is 1.26. The van der Waals surface area contributed by atoms with Crippen molar-refractivity contribution in [3.05, 3.63) is 72.4 Å². The van der Waals surface area contributed by atoms with Crippen LogP contribution >= 0.6 is 0 Å². The van der Waals surface area contributed by atoms with Crippen LogP contribution in [0.4, 0.5) is 11.8 Å². The molecule has 1 saturated heterocycles. The lowest BCUT2D eigenvalue weighted by molar-refractivity contribution is -0.135. The van der Waals surface area contributed by atoms with Crippen molar-refractivity contribution in [2.45, 2.75) is 44.6 Å². The number of aryl methyl sites for hydroxylation is 1. The van der Waals surface area contributed by atoms with Crippen molar-refractivity contribution in [3.8, 4) is 0 Å². The number of nitrogens with zero attached hydrogens (tertiary/aromatic N) is 5. The monoisotopic (exact) mass is 402 g/mol. The second-order valence-electron chi connectivity index (χ2n) is 7.46. The summed E-state index contributed by atoms with van der Waals surface area (Å²) in [6.45, 7) is 0.783. The molecule has 1 aromatic carbocycles. The number of piperidine rings is 1. The van der Waals surface area contributed by atoms with E-state index < -0.39 is 0 Å². The molecule has 0 radical (unpaired) electrons. The molecule has 1 atom stereocenters. The molecule has 0 spiro atoms. The highest BCUT2D eigenvalue weighted by Gasteiger charge is 2.28. The first-order chi connectivity index (χ1) is 14.8. The second kappa shape index (κ2) is 9.91. The summed E-state index contributed by atoms with van der Waals surface area (Å²) in [6, 6.07) is 12.2. The lowest BCUT2D eigenvalue weighted by atomic mass is 9.98. The van der Waals surface area contributed by atoms with Crippen LogP contribution in [-0.4, -0.2) is 37.3 Å². The zero-order chi connectivity index (χ0) is 20.6. The number of likely N-dealkylation sites (tertiary alicyclic amines) is 1. The van der Waals surface area contributed by atoms with E-state index >= 15 is 0 Å². The zero-order valence-electron chi connectivity index (χ0n) is 16.9. The molecule has 7 heteroatoms. The van der Waals surface area contributed by atoms with Crippen molar-refractivity contribution < 1.29 is 4.79 Å². The number of nitrogens with one attached hydrogen (secondary N) is 1. The molecule has 0 aliphatic carbocycles. The van der Waals surface area contributed by atoms with Crippen LogP contribution in [0.15, 0.2) is 61.2 Å². The smallest absolute Gasteiger partial charge is 0.228 e. The quantitative estimate of drug-likeness (QED) is 0.641. The van der Waals surface area contributed by atoms with Crippen LogP contribution < -0.4 is 5.32 Å². The van der Waals surface area contributed by atoms with Crippen molar-refractivity contribution in [3.63, 3.8) is 0 Å². The molecule has 4 rings (SSSR count). The Morgan fingerprint density at radius 3 is 2.80 bits per heavy atom. The molecule has 1 aliphatic heterocycles. The number of anilines is 2. The Morgan fingerprint density at radius 2 is 1.97 bits per heavy atom. The summed E-state index contributed by atoms with van der Waals surface area (Å²) in [7, 11) is 0. The van der Waals surface area contributed by atoms with Crippen LogP contribution in [0, 0.1) is 0 Å². The van der Waals surface area contributed by atoms with Crippen molar-refractivity contribution in [1.29, 1.82) is 0 Å². The maximum absolute atomic E-state index is 13.0. The summed E-state index contributed by atoms with van der Waals surface area (Å²) >= 11 is 0. The lowest BCUT2D eigenvalue weighted by Gasteiger charge is -2.35. The summed E-state index contributed by atoms with van der Waals surface area (Å²) < 4.78 is 0. The van der Waals surface area contributed by atoms with Gasteiger partial charge in [0.25, 0.3) is 0 Å². The van der Waals surface area contributed by atoms with Gasteiger partial charge in [-0.3, -0.25) is 9.78 Å². The van der Waals surface area contributed by atoms with Gasteiger partial charge in [0.2, 0.25) is 11.9 Å². The summed E-state index contributed by atoms with van der Waals surface area (Å²) in [6.07, 6.45) is 12.0. The standard InChI is InChI=1S/C23H26N6O/c30-22(11-6-9-18-7-2-1-3-8-18)29-16-5-4-10-20(29)19-12-13-26-23(27-19)28-21-17-24-14-15-25-21/h1-3,7-8,12-15,17,20H,4-6,9-11,16H2,(H,25,26,27,28)/t20-/m0/s1. The third-order valence-corrected chi connectivity index (χ3v) is 5.34. The fourth-order valence-corrected chi connectivity index (χ4v) is 3.87. The Bertz CT molecular complexity index is 950. The van der Waals surface area contributed by atoms with Crippen molar-refractivity contribution in [2.75, 3.05) is 11.9 Å². The number of hydrogen-bond acceptors (Lipinski definition) is 6. The topological polar surface area (TPSA) is 83.9 Å². The Morgan fingerprint density at radius 1 is 1.07 bits per heavy atom. The van der Waals surface area contributed by atoms with Crippen LogP contribution in [0.25, 0.3) is 0 Å². The van der Waals surface area contributed by atoms with Crippen molar-refractivity contribution >= 4 is 17.7 Å². The van der Waals surface area contributed by atoms with Gasteiger partial charge in [-0.1, -0.05) is 30.3 Å². The van der Waals surface area contributed by atoms with Gasteiger partial charge in [-0.15, -0.1) is 0 Å². The molecule has 1 fully saturated rings. The number of hydrogen-bond donors (Lipinski definition) is 1. The Balaban J connectivity index is 1.41.